The Kier molecular flexibility index (Phi) is 12.3. The van der Waals surface area contributed by atoms with Gasteiger partial charge in [-0.25, -0.2) is 9.78 Å². The van der Waals surface area contributed by atoms with E-state index < -0.39 is 36.4 Å². The molecule has 1 fully saturated rings. The van der Waals surface area contributed by atoms with E-state index in [1.807, 2.05) is 31.2 Å². The number of nitrogens with one attached hydrogen (secondary N) is 1. The lowest BCUT2D eigenvalue weighted by Gasteiger charge is -2.23. The summed E-state index contributed by atoms with van der Waals surface area (Å²) in [5.74, 6) is -4.94. The maximum atomic E-state index is 12.6. The SMILES string of the molecule is CCC(CN1CCCC1)NC(=O)Cc1sc(C)nc1-c1ccc(Cl)cc1.O=C(O)CC(O)(CC(=O)O)C(=O)O. The molecule has 1 aliphatic rings. The molecule has 1 aliphatic heterocycles. The quantitative estimate of drug-likeness (QED) is 0.249. The highest BCUT2D eigenvalue weighted by atomic mass is 35.5. The van der Waals surface area contributed by atoms with Crippen LogP contribution in [0, 0.1) is 6.92 Å². The van der Waals surface area contributed by atoms with Crippen molar-refractivity contribution in [3.05, 3.63) is 39.2 Å². The van der Waals surface area contributed by atoms with Gasteiger partial charge in [0.05, 0.1) is 30.0 Å². The summed E-state index contributed by atoms with van der Waals surface area (Å²) in [6.45, 7) is 7.38. The first-order chi connectivity index (χ1) is 18.3. The number of aromatic nitrogens is 1. The molecule has 2 heterocycles. The number of rotatable bonds is 12. The minimum atomic E-state index is -2.74. The van der Waals surface area contributed by atoms with Gasteiger partial charge in [-0.15, -0.1) is 11.3 Å². The van der Waals surface area contributed by atoms with E-state index in [4.69, 9.17) is 32.0 Å². The minimum Gasteiger partial charge on any atom is -0.481 e. The molecule has 2 aromatic rings. The molecule has 0 aliphatic carbocycles. The van der Waals surface area contributed by atoms with Gasteiger partial charge in [0.1, 0.15) is 0 Å². The molecule has 11 nitrogen and oxygen atoms in total. The van der Waals surface area contributed by atoms with Gasteiger partial charge in [-0.05, 0) is 51.4 Å². The normalized spacial score (nSPS) is 14.3. The van der Waals surface area contributed by atoms with Gasteiger partial charge in [0.25, 0.3) is 0 Å². The summed E-state index contributed by atoms with van der Waals surface area (Å²) in [5.41, 5.74) is -0.838. The van der Waals surface area contributed by atoms with E-state index in [9.17, 15) is 19.2 Å². The molecule has 0 radical (unpaired) electrons. The van der Waals surface area contributed by atoms with E-state index in [0.717, 1.165) is 47.2 Å². The monoisotopic (exact) mass is 583 g/mol. The van der Waals surface area contributed by atoms with Crippen LogP contribution in [0.4, 0.5) is 0 Å². The smallest absolute Gasteiger partial charge is 0.336 e. The highest BCUT2D eigenvalue weighted by Crippen LogP contribution is 2.29. The van der Waals surface area contributed by atoms with Crippen molar-refractivity contribution in [1.29, 1.82) is 0 Å². The number of hydrogen-bond donors (Lipinski definition) is 5. The summed E-state index contributed by atoms with van der Waals surface area (Å²) < 4.78 is 0. The van der Waals surface area contributed by atoms with Crippen molar-refractivity contribution in [2.24, 2.45) is 0 Å². The Morgan fingerprint density at radius 3 is 2.13 bits per heavy atom. The molecule has 0 saturated carbocycles. The Balaban J connectivity index is 0.000000349. The van der Waals surface area contributed by atoms with E-state index in [-0.39, 0.29) is 11.9 Å². The van der Waals surface area contributed by atoms with E-state index >= 15 is 0 Å². The Bertz CT molecular complexity index is 1130. The second-order valence-electron chi connectivity index (χ2n) is 9.35. The van der Waals surface area contributed by atoms with Crippen LogP contribution in [0.5, 0.6) is 0 Å². The Labute approximate surface area is 235 Å². The molecule has 39 heavy (non-hydrogen) atoms. The first-order valence-electron chi connectivity index (χ1n) is 12.5. The zero-order valence-corrected chi connectivity index (χ0v) is 23.4. The van der Waals surface area contributed by atoms with Crippen molar-refractivity contribution in [1.82, 2.24) is 15.2 Å². The number of amides is 1. The summed E-state index contributed by atoms with van der Waals surface area (Å²) in [5, 5.41) is 38.7. The van der Waals surface area contributed by atoms with Gasteiger partial charge in [0, 0.05) is 28.0 Å². The van der Waals surface area contributed by atoms with Crippen LogP contribution in [0.15, 0.2) is 24.3 Å². The number of likely N-dealkylation sites (tertiary alicyclic amines) is 1. The summed E-state index contributed by atoms with van der Waals surface area (Å²) in [7, 11) is 0. The van der Waals surface area contributed by atoms with E-state index in [0.29, 0.717) is 11.4 Å². The number of aliphatic hydroxyl groups is 1. The highest BCUT2D eigenvalue weighted by Gasteiger charge is 2.40. The van der Waals surface area contributed by atoms with Crippen LogP contribution in [0.1, 0.15) is 48.9 Å². The van der Waals surface area contributed by atoms with Gasteiger partial charge in [-0.2, -0.15) is 0 Å². The lowest BCUT2D eigenvalue weighted by atomic mass is 9.96. The number of aryl methyl sites for hydroxylation is 1. The first-order valence-corrected chi connectivity index (χ1v) is 13.7. The van der Waals surface area contributed by atoms with E-state index in [1.54, 1.807) is 11.3 Å². The van der Waals surface area contributed by atoms with Crippen LogP contribution in [-0.2, 0) is 25.6 Å². The number of thiazole rings is 1. The van der Waals surface area contributed by atoms with Gasteiger partial charge in [-0.1, -0.05) is 30.7 Å². The summed E-state index contributed by atoms with van der Waals surface area (Å²) in [6.07, 6.45) is 1.58. The zero-order valence-electron chi connectivity index (χ0n) is 21.9. The number of benzene rings is 1. The number of carbonyl (C=O) groups excluding carboxylic acids is 1. The molecule has 0 bridgehead atoms. The van der Waals surface area contributed by atoms with Gasteiger partial charge in [0.15, 0.2) is 5.60 Å². The maximum absolute atomic E-state index is 12.6. The number of carbonyl (C=O) groups is 4. The van der Waals surface area contributed by atoms with Crippen LogP contribution in [0.25, 0.3) is 11.3 Å². The van der Waals surface area contributed by atoms with E-state index in [2.05, 4.69) is 22.1 Å². The summed E-state index contributed by atoms with van der Waals surface area (Å²) in [6, 6.07) is 7.85. The topological polar surface area (TPSA) is 177 Å². The number of carboxylic acid groups (broad SMARTS) is 3. The second kappa shape index (κ2) is 14.9. The van der Waals surface area contributed by atoms with Crippen molar-refractivity contribution in [3.8, 4) is 11.3 Å². The van der Waals surface area contributed by atoms with Crippen molar-refractivity contribution in [2.45, 2.75) is 64.0 Å². The third-order valence-electron chi connectivity index (χ3n) is 6.06. The molecular formula is C26H34ClN3O8S. The molecule has 1 amide bonds. The number of hydrogen-bond acceptors (Lipinski definition) is 8. The lowest BCUT2D eigenvalue weighted by molar-refractivity contribution is -0.170. The van der Waals surface area contributed by atoms with Crippen LogP contribution >= 0.6 is 22.9 Å². The third kappa shape index (κ3) is 10.6. The number of halogens is 1. The number of aliphatic carboxylic acids is 3. The van der Waals surface area contributed by atoms with E-state index in [1.165, 1.54) is 12.8 Å². The first kappa shape index (κ1) is 32.2. The predicted octanol–water partition coefficient (Wildman–Crippen LogP) is 3.06. The number of nitrogens with zero attached hydrogens (tertiary/aromatic N) is 2. The van der Waals surface area contributed by atoms with Crippen molar-refractivity contribution >= 4 is 46.8 Å². The van der Waals surface area contributed by atoms with Crippen molar-refractivity contribution < 1.29 is 39.6 Å². The summed E-state index contributed by atoms with van der Waals surface area (Å²) >= 11 is 7.58. The van der Waals surface area contributed by atoms with Gasteiger partial charge in [0.2, 0.25) is 5.91 Å². The average molecular weight is 584 g/mol. The van der Waals surface area contributed by atoms with Gasteiger partial charge >= 0.3 is 17.9 Å². The Hall–Kier alpha value is -3.06. The van der Waals surface area contributed by atoms with Crippen molar-refractivity contribution in [2.75, 3.05) is 19.6 Å². The third-order valence-corrected chi connectivity index (χ3v) is 7.29. The zero-order chi connectivity index (χ0) is 29.2. The molecule has 3 rings (SSSR count). The minimum absolute atomic E-state index is 0.0786. The van der Waals surface area contributed by atoms with Crippen LogP contribution in [0.2, 0.25) is 5.02 Å². The Morgan fingerprint density at radius 1 is 1.08 bits per heavy atom. The maximum Gasteiger partial charge on any atom is 0.336 e. The predicted molar refractivity (Wildman–Crippen MR) is 146 cm³/mol. The molecule has 1 atom stereocenters. The Morgan fingerprint density at radius 2 is 1.64 bits per heavy atom. The molecule has 0 spiro atoms. The molecule has 13 heteroatoms. The average Bonchev–Trinajstić information content (AvgIpc) is 3.47. The van der Waals surface area contributed by atoms with Crippen molar-refractivity contribution in [3.63, 3.8) is 0 Å². The fourth-order valence-electron chi connectivity index (χ4n) is 4.11. The standard InChI is InChI=1S/C20H26ClN3OS.C6H8O7/c1-3-17(13-24-10-4-5-11-24)23-19(25)12-18-20(22-14(2)26-18)15-6-8-16(21)9-7-15;7-3(8)1-6(13,5(11)12)2-4(9)10/h6-9,17H,3-5,10-13H2,1-2H3,(H,23,25);13H,1-2H2,(H,7,8)(H,9,10)(H,11,12). The fraction of sp³-hybridized carbons (Fsp3) is 0.500. The second-order valence-corrected chi connectivity index (χ2v) is 11.1. The van der Waals surface area contributed by atoms with Gasteiger partial charge < -0.3 is 30.6 Å². The fourth-order valence-corrected chi connectivity index (χ4v) is 5.20. The lowest BCUT2D eigenvalue weighted by Crippen LogP contribution is -2.43. The molecule has 214 valence electrons. The van der Waals surface area contributed by atoms with Crippen LogP contribution < -0.4 is 5.32 Å². The molecule has 1 aromatic heterocycles. The molecular weight excluding hydrogens is 550 g/mol. The van der Waals surface area contributed by atoms with Crippen LogP contribution in [0.3, 0.4) is 0 Å². The van der Waals surface area contributed by atoms with Crippen LogP contribution in [-0.4, -0.2) is 85.4 Å². The molecule has 1 aromatic carbocycles. The number of carboxylic acids is 3. The summed E-state index contributed by atoms with van der Waals surface area (Å²) in [4.78, 5) is 51.2. The molecule has 5 N–H and O–H groups in total. The molecule has 1 unspecified atom stereocenters. The largest absolute Gasteiger partial charge is 0.481 e. The molecule has 1 saturated heterocycles. The van der Waals surface area contributed by atoms with Gasteiger partial charge in [-0.3, -0.25) is 14.4 Å². The highest BCUT2D eigenvalue weighted by molar-refractivity contribution is 7.12.